The number of halogens is 1. The molecule has 0 unspecified atom stereocenters. The molecule has 37 heavy (non-hydrogen) atoms. The number of carbonyl (C=O) groups is 1. The lowest BCUT2D eigenvalue weighted by atomic mass is 9.99. The molecule has 2 aromatic carbocycles. The highest BCUT2D eigenvalue weighted by Gasteiger charge is 2.28. The molecule has 5 rings (SSSR count). The molecule has 2 aromatic heterocycles. The minimum Gasteiger partial charge on any atom is -0.396 e. The van der Waals surface area contributed by atoms with Crippen LogP contribution in [0.3, 0.4) is 0 Å². The number of carbonyl (C=O) groups excluding carboxylic acids is 1. The summed E-state index contributed by atoms with van der Waals surface area (Å²) in [7, 11) is 1.86. The molecule has 1 atom stereocenters. The first-order valence-corrected chi connectivity index (χ1v) is 12.4. The van der Waals surface area contributed by atoms with Crippen LogP contribution in [0.15, 0.2) is 48.7 Å². The lowest BCUT2D eigenvalue weighted by Crippen LogP contribution is -2.46. The van der Waals surface area contributed by atoms with Gasteiger partial charge in [0.1, 0.15) is 17.6 Å². The molecule has 1 aliphatic heterocycles. The van der Waals surface area contributed by atoms with Gasteiger partial charge >= 0.3 is 0 Å². The third kappa shape index (κ3) is 4.73. The van der Waals surface area contributed by atoms with E-state index in [4.69, 9.17) is 5.73 Å². The average molecular weight is 501 g/mol. The van der Waals surface area contributed by atoms with Crippen molar-refractivity contribution >= 4 is 16.8 Å². The number of aromatic nitrogens is 3. The van der Waals surface area contributed by atoms with Gasteiger partial charge in [0, 0.05) is 56.5 Å². The largest absolute Gasteiger partial charge is 0.396 e. The first-order valence-electron chi connectivity index (χ1n) is 12.4. The van der Waals surface area contributed by atoms with Crippen molar-refractivity contribution in [3.8, 4) is 28.5 Å². The molecule has 0 spiro atoms. The van der Waals surface area contributed by atoms with E-state index in [-0.39, 0.29) is 24.1 Å². The fourth-order valence-corrected chi connectivity index (χ4v) is 5.14. The van der Waals surface area contributed by atoms with Crippen molar-refractivity contribution < 1.29 is 14.3 Å². The van der Waals surface area contributed by atoms with Gasteiger partial charge in [-0.1, -0.05) is 12.1 Å². The van der Waals surface area contributed by atoms with Crippen LogP contribution < -0.4 is 5.73 Å². The molecule has 0 bridgehead atoms. The van der Waals surface area contributed by atoms with Gasteiger partial charge in [-0.05, 0) is 60.7 Å². The molecule has 3 N–H and O–H groups in total. The summed E-state index contributed by atoms with van der Waals surface area (Å²) in [6, 6.07) is 13.9. The van der Waals surface area contributed by atoms with Crippen LogP contribution in [-0.4, -0.2) is 56.0 Å². The number of fused-ring (bicyclic) bond motifs is 1. The molecule has 1 amide bonds. The summed E-state index contributed by atoms with van der Waals surface area (Å²) in [6.07, 6.45) is 4.07. The van der Waals surface area contributed by atoms with Crippen molar-refractivity contribution in [1.29, 1.82) is 5.26 Å². The number of aliphatic hydroxyl groups is 1. The second-order valence-electron chi connectivity index (χ2n) is 9.56. The number of hydrogen-bond donors (Lipinski definition) is 2. The Kier molecular flexibility index (Phi) is 6.78. The van der Waals surface area contributed by atoms with E-state index in [1.807, 2.05) is 42.1 Å². The smallest absolute Gasteiger partial charge is 0.270 e. The van der Waals surface area contributed by atoms with E-state index in [0.717, 1.165) is 35.0 Å². The molecule has 190 valence electrons. The molecule has 0 saturated carbocycles. The van der Waals surface area contributed by atoms with Crippen molar-refractivity contribution in [3.05, 3.63) is 65.7 Å². The van der Waals surface area contributed by atoms with E-state index in [2.05, 4.69) is 5.10 Å². The lowest BCUT2D eigenvalue weighted by Gasteiger charge is -2.31. The van der Waals surface area contributed by atoms with Crippen LogP contribution in [0.4, 0.5) is 4.39 Å². The quantitative estimate of drug-likeness (QED) is 0.420. The number of hydrogen-bond acceptors (Lipinski definition) is 5. The van der Waals surface area contributed by atoms with Gasteiger partial charge in [-0.15, -0.1) is 0 Å². The Hall–Kier alpha value is -4.00. The van der Waals surface area contributed by atoms with Crippen LogP contribution in [0.5, 0.6) is 0 Å². The molecule has 8 nitrogen and oxygen atoms in total. The molecule has 1 aliphatic rings. The Morgan fingerprint density at radius 3 is 2.78 bits per heavy atom. The number of amides is 1. The van der Waals surface area contributed by atoms with Crippen molar-refractivity contribution in [3.63, 3.8) is 0 Å². The van der Waals surface area contributed by atoms with Crippen molar-refractivity contribution in [2.45, 2.75) is 31.8 Å². The molecular weight excluding hydrogens is 471 g/mol. The van der Waals surface area contributed by atoms with Gasteiger partial charge in [-0.25, -0.2) is 4.39 Å². The number of aryl methyl sites for hydroxylation is 1. The maximum atomic E-state index is 14.7. The number of aliphatic hydroxyl groups excluding tert-OH is 1. The highest BCUT2D eigenvalue weighted by molar-refractivity contribution is 5.98. The Balaban J connectivity index is 1.73. The summed E-state index contributed by atoms with van der Waals surface area (Å²) in [5.41, 5.74) is 10.2. The first-order chi connectivity index (χ1) is 17.9. The highest BCUT2D eigenvalue weighted by Crippen LogP contribution is 2.38. The molecular formula is C28H29FN6O2. The summed E-state index contributed by atoms with van der Waals surface area (Å²) in [5, 5.41) is 24.2. The minimum atomic E-state index is -0.619. The van der Waals surface area contributed by atoms with Crippen LogP contribution in [0.1, 0.15) is 35.3 Å². The van der Waals surface area contributed by atoms with Gasteiger partial charge in [0.2, 0.25) is 0 Å². The summed E-state index contributed by atoms with van der Waals surface area (Å²) < 4.78 is 18.4. The van der Waals surface area contributed by atoms with E-state index >= 15 is 0 Å². The number of piperidine rings is 1. The Morgan fingerprint density at radius 2 is 2.05 bits per heavy atom. The van der Waals surface area contributed by atoms with Crippen molar-refractivity contribution in [1.82, 2.24) is 19.2 Å². The van der Waals surface area contributed by atoms with Crippen molar-refractivity contribution in [2.75, 3.05) is 19.7 Å². The summed E-state index contributed by atoms with van der Waals surface area (Å²) in [6.45, 7) is 1.45. The minimum absolute atomic E-state index is 0.0394. The second kappa shape index (κ2) is 10.2. The number of benzene rings is 2. The standard InChI is InChI=1S/C28H29FN6O2/c1-33-16-21-12-19(7-8-25(21)32-33)27-23(18-5-6-20(15-30)24(29)13-18)14-26(35(27)10-3-11-36)28(37)34-9-2-4-22(31)17-34/h5-8,12-14,16,22,36H,2-4,9-11,17,31H2,1H3/t22-/m1/s1. The monoisotopic (exact) mass is 500 g/mol. The fraction of sp³-hybridized carbons (Fsp3) is 0.321. The van der Waals surface area contributed by atoms with E-state index in [0.29, 0.717) is 42.9 Å². The highest BCUT2D eigenvalue weighted by atomic mass is 19.1. The number of likely N-dealkylation sites (tertiary alicyclic amines) is 1. The number of rotatable bonds is 6. The van der Waals surface area contributed by atoms with Crippen LogP contribution in [0, 0.1) is 17.1 Å². The van der Waals surface area contributed by atoms with E-state index in [1.165, 1.54) is 12.1 Å². The van der Waals surface area contributed by atoms with Gasteiger partial charge in [0.15, 0.2) is 0 Å². The van der Waals surface area contributed by atoms with Crippen LogP contribution >= 0.6 is 0 Å². The fourth-order valence-electron chi connectivity index (χ4n) is 5.14. The molecule has 9 heteroatoms. The van der Waals surface area contributed by atoms with Gasteiger partial charge in [-0.3, -0.25) is 9.48 Å². The number of nitrogens with zero attached hydrogens (tertiary/aromatic N) is 5. The topological polar surface area (TPSA) is 113 Å². The van der Waals surface area contributed by atoms with Gasteiger partial charge in [0.25, 0.3) is 5.91 Å². The van der Waals surface area contributed by atoms with Crippen LogP contribution in [0.25, 0.3) is 33.3 Å². The third-order valence-electron chi connectivity index (χ3n) is 6.89. The van der Waals surface area contributed by atoms with E-state index in [9.17, 15) is 19.6 Å². The van der Waals surface area contributed by atoms with Crippen molar-refractivity contribution in [2.24, 2.45) is 12.8 Å². The zero-order chi connectivity index (χ0) is 26.1. The van der Waals surface area contributed by atoms with Crippen LogP contribution in [0.2, 0.25) is 0 Å². The molecule has 3 heterocycles. The molecule has 1 saturated heterocycles. The molecule has 0 radical (unpaired) electrons. The Morgan fingerprint density at radius 1 is 1.24 bits per heavy atom. The zero-order valence-electron chi connectivity index (χ0n) is 20.7. The van der Waals surface area contributed by atoms with Crippen LogP contribution in [-0.2, 0) is 13.6 Å². The Bertz CT molecular complexity index is 1520. The lowest BCUT2D eigenvalue weighted by molar-refractivity contribution is 0.0697. The average Bonchev–Trinajstić information content (AvgIpc) is 3.46. The summed E-state index contributed by atoms with van der Waals surface area (Å²) in [4.78, 5) is 15.6. The molecule has 0 aliphatic carbocycles. The van der Waals surface area contributed by atoms with Gasteiger partial charge in [-0.2, -0.15) is 10.4 Å². The first kappa shape index (κ1) is 24.7. The summed E-state index contributed by atoms with van der Waals surface area (Å²) in [5.74, 6) is -0.760. The predicted molar refractivity (Wildman–Crippen MR) is 139 cm³/mol. The van der Waals surface area contributed by atoms with Gasteiger partial charge in [0.05, 0.1) is 16.8 Å². The number of nitriles is 1. The third-order valence-corrected chi connectivity index (χ3v) is 6.89. The van der Waals surface area contributed by atoms with E-state index in [1.54, 1.807) is 21.7 Å². The maximum Gasteiger partial charge on any atom is 0.270 e. The zero-order valence-corrected chi connectivity index (χ0v) is 20.7. The Labute approximate surface area is 214 Å². The normalized spacial score (nSPS) is 15.8. The SMILES string of the molecule is Cn1cc2cc(-c3c(-c4ccc(C#N)c(F)c4)cc(C(=O)N4CCC[C@@H](N)C4)n3CCCO)ccc2n1. The van der Waals surface area contributed by atoms with Gasteiger partial charge < -0.3 is 20.3 Å². The maximum absolute atomic E-state index is 14.7. The molecule has 4 aromatic rings. The molecule has 1 fully saturated rings. The second-order valence-corrected chi connectivity index (χ2v) is 9.56. The summed E-state index contributed by atoms with van der Waals surface area (Å²) >= 11 is 0. The number of nitrogens with two attached hydrogens (primary N) is 1. The van der Waals surface area contributed by atoms with E-state index < -0.39 is 5.82 Å². The predicted octanol–water partition coefficient (Wildman–Crippen LogP) is 3.67.